The standard InChI is InChI=1S/C18H24N4O2/c1-5-22-13(3)17(12(2)20-22)19-18(23)21-10-9-15-14(11-21)7-6-8-16(15)24-4/h6-8H,5,9-11H2,1-4H3,(H,19,23). The molecule has 1 aromatic heterocycles. The van der Waals surface area contributed by atoms with Crippen LogP contribution >= 0.6 is 0 Å². The van der Waals surface area contributed by atoms with Gasteiger partial charge in [-0.05, 0) is 38.8 Å². The second-order valence-electron chi connectivity index (χ2n) is 6.06. The SMILES string of the molecule is CCn1nc(C)c(NC(=O)N2CCc3c(cccc3OC)C2)c1C. The number of aryl methyl sites for hydroxylation is 2. The minimum atomic E-state index is -0.0784. The summed E-state index contributed by atoms with van der Waals surface area (Å²) in [4.78, 5) is 14.5. The van der Waals surface area contributed by atoms with Gasteiger partial charge in [0.15, 0.2) is 0 Å². The molecule has 1 N–H and O–H groups in total. The Hall–Kier alpha value is -2.50. The van der Waals surface area contributed by atoms with Crippen LogP contribution in [0.25, 0.3) is 0 Å². The van der Waals surface area contributed by atoms with E-state index in [0.717, 1.165) is 41.4 Å². The Kier molecular flexibility index (Phi) is 4.46. The van der Waals surface area contributed by atoms with Crippen LogP contribution in [0.3, 0.4) is 0 Å². The first-order valence-electron chi connectivity index (χ1n) is 8.29. The summed E-state index contributed by atoms with van der Waals surface area (Å²) in [6.07, 6.45) is 0.805. The van der Waals surface area contributed by atoms with Crippen LogP contribution in [-0.2, 0) is 19.5 Å². The zero-order chi connectivity index (χ0) is 17.3. The number of amides is 2. The molecule has 24 heavy (non-hydrogen) atoms. The number of hydrogen-bond acceptors (Lipinski definition) is 3. The maximum Gasteiger partial charge on any atom is 0.322 e. The summed E-state index contributed by atoms with van der Waals surface area (Å²) < 4.78 is 7.32. The molecule has 1 aromatic carbocycles. The number of carbonyl (C=O) groups excluding carboxylic acids is 1. The topological polar surface area (TPSA) is 59.4 Å². The summed E-state index contributed by atoms with van der Waals surface area (Å²) in [5, 5.41) is 7.49. The molecule has 0 spiro atoms. The van der Waals surface area contributed by atoms with Crippen molar-refractivity contribution in [2.24, 2.45) is 0 Å². The van der Waals surface area contributed by atoms with Crippen LogP contribution in [-0.4, -0.2) is 34.4 Å². The van der Waals surface area contributed by atoms with Gasteiger partial charge in [0.1, 0.15) is 5.75 Å². The third kappa shape index (κ3) is 2.84. The van der Waals surface area contributed by atoms with Crippen LogP contribution in [0, 0.1) is 13.8 Å². The number of urea groups is 1. The monoisotopic (exact) mass is 328 g/mol. The predicted octanol–water partition coefficient (Wildman–Crippen LogP) is 3.12. The fraction of sp³-hybridized carbons (Fsp3) is 0.444. The second-order valence-corrected chi connectivity index (χ2v) is 6.06. The Morgan fingerprint density at radius 2 is 2.17 bits per heavy atom. The lowest BCUT2D eigenvalue weighted by Gasteiger charge is -2.29. The molecule has 0 saturated heterocycles. The zero-order valence-electron chi connectivity index (χ0n) is 14.7. The smallest absolute Gasteiger partial charge is 0.322 e. The van der Waals surface area contributed by atoms with E-state index in [1.165, 1.54) is 5.56 Å². The molecule has 0 bridgehead atoms. The molecule has 0 unspecified atom stereocenters. The van der Waals surface area contributed by atoms with E-state index < -0.39 is 0 Å². The fourth-order valence-corrected chi connectivity index (χ4v) is 3.31. The normalized spacial score (nSPS) is 13.6. The van der Waals surface area contributed by atoms with E-state index in [-0.39, 0.29) is 6.03 Å². The van der Waals surface area contributed by atoms with Crippen LogP contribution in [0.1, 0.15) is 29.4 Å². The van der Waals surface area contributed by atoms with Gasteiger partial charge in [-0.1, -0.05) is 12.1 Å². The van der Waals surface area contributed by atoms with Gasteiger partial charge in [-0.25, -0.2) is 4.79 Å². The first kappa shape index (κ1) is 16.4. The van der Waals surface area contributed by atoms with Gasteiger partial charge in [-0.2, -0.15) is 5.10 Å². The molecule has 1 aliphatic rings. The fourth-order valence-electron chi connectivity index (χ4n) is 3.31. The largest absolute Gasteiger partial charge is 0.496 e. The predicted molar refractivity (Wildman–Crippen MR) is 93.5 cm³/mol. The number of nitrogens with zero attached hydrogens (tertiary/aromatic N) is 3. The number of carbonyl (C=O) groups is 1. The Bertz CT molecular complexity index is 767. The third-order valence-electron chi connectivity index (χ3n) is 4.64. The maximum absolute atomic E-state index is 12.7. The van der Waals surface area contributed by atoms with Crippen molar-refractivity contribution in [1.82, 2.24) is 14.7 Å². The summed E-state index contributed by atoms with van der Waals surface area (Å²) in [5.74, 6) is 0.906. The van der Waals surface area contributed by atoms with E-state index in [2.05, 4.69) is 16.5 Å². The first-order valence-corrected chi connectivity index (χ1v) is 8.29. The van der Waals surface area contributed by atoms with E-state index >= 15 is 0 Å². The first-order chi connectivity index (χ1) is 11.5. The molecule has 2 heterocycles. The van der Waals surface area contributed by atoms with Crippen molar-refractivity contribution in [1.29, 1.82) is 0 Å². The van der Waals surface area contributed by atoms with Crippen LogP contribution in [0.15, 0.2) is 18.2 Å². The van der Waals surface area contributed by atoms with Crippen molar-refractivity contribution < 1.29 is 9.53 Å². The highest BCUT2D eigenvalue weighted by Crippen LogP contribution is 2.28. The molecule has 3 rings (SSSR count). The van der Waals surface area contributed by atoms with Crippen LogP contribution < -0.4 is 10.1 Å². The number of nitrogens with one attached hydrogen (secondary N) is 1. The molecular weight excluding hydrogens is 304 g/mol. The number of ether oxygens (including phenoxy) is 1. The van der Waals surface area contributed by atoms with Crippen LogP contribution in [0.5, 0.6) is 5.75 Å². The molecule has 2 aromatic rings. The van der Waals surface area contributed by atoms with Crippen LogP contribution in [0.2, 0.25) is 0 Å². The van der Waals surface area contributed by atoms with E-state index in [0.29, 0.717) is 13.1 Å². The molecule has 6 nitrogen and oxygen atoms in total. The van der Waals surface area contributed by atoms with E-state index in [1.54, 1.807) is 7.11 Å². The lowest BCUT2D eigenvalue weighted by molar-refractivity contribution is 0.206. The Morgan fingerprint density at radius 3 is 2.83 bits per heavy atom. The van der Waals surface area contributed by atoms with Crippen molar-refractivity contribution in [3.05, 3.63) is 40.7 Å². The molecular formula is C18H24N4O2. The molecule has 0 fully saturated rings. The minimum absolute atomic E-state index is 0.0784. The molecule has 2 amide bonds. The molecule has 128 valence electrons. The summed E-state index contributed by atoms with van der Waals surface area (Å²) in [7, 11) is 1.69. The van der Waals surface area contributed by atoms with E-state index in [4.69, 9.17) is 4.74 Å². The van der Waals surface area contributed by atoms with Crippen molar-refractivity contribution in [2.45, 2.75) is 40.3 Å². The molecule has 0 aliphatic carbocycles. The van der Waals surface area contributed by atoms with E-state index in [1.807, 2.05) is 42.5 Å². The molecule has 0 atom stereocenters. The number of benzene rings is 1. The molecule has 0 saturated carbocycles. The summed E-state index contributed by atoms with van der Waals surface area (Å²) in [6, 6.07) is 5.92. The lowest BCUT2D eigenvalue weighted by atomic mass is 9.99. The van der Waals surface area contributed by atoms with Gasteiger partial charge in [-0.15, -0.1) is 0 Å². The molecule has 6 heteroatoms. The highest BCUT2D eigenvalue weighted by molar-refractivity contribution is 5.90. The highest BCUT2D eigenvalue weighted by atomic mass is 16.5. The third-order valence-corrected chi connectivity index (χ3v) is 4.64. The van der Waals surface area contributed by atoms with Gasteiger partial charge in [-0.3, -0.25) is 4.68 Å². The summed E-state index contributed by atoms with van der Waals surface area (Å²) in [5.41, 5.74) is 5.01. The van der Waals surface area contributed by atoms with Gasteiger partial charge in [0.2, 0.25) is 0 Å². The quantitative estimate of drug-likeness (QED) is 0.942. The van der Waals surface area contributed by atoms with Gasteiger partial charge in [0.05, 0.1) is 24.2 Å². The summed E-state index contributed by atoms with van der Waals surface area (Å²) >= 11 is 0. The van der Waals surface area contributed by atoms with Gasteiger partial charge in [0, 0.05) is 25.2 Å². The number of anilines is 1. The van der Waals surface area contributed by atoms with Gasteiger partial charge in [0.25, 0.3) is 0 Å². The Labute approximate surface area is 142 Å². The van der Waals surface area contributed by atoms with Crippen LogP contribution in [0.4, 0.5) is 10.5 Å². The average Bonchev–Trinajstić information content (AvgIpc) is 2.88. The van der Waals surface area contributed by atoms with Gasteiger partial charge >= 0.3 is 6.03 Å². The highest BCUT2D eigenvalue weighted by Gasteiger charge is 2.24. The van der Waals surface area contributed by atoms with Crippen molar-refractivity contribution in [2.75, 3.05) is 19.0 Å². The van der Waals surface area contributed by atoms with Gasteiger partial charge < -0.3 is 15.0 Å². The Balaban J connectivity index is 1.76. The zero-order valence-corrected chi connectivity index (χ0v) is 14.7. The summed E-state index contributed by atoms with van der Waals surface area (Å²) in [6.45, 7) is 8.01. The average molecular weight is 328 g/mol. The van der Waals surface area contributed by atoms with E-state index in [9.17, 15) is 4.79 Å². The van der Waals surface area contributed by atoms with Crippen molar-refractivity contribution in [3.8, 4) is 5.75 Å². The van der Waals surface area contributed by atoms with Crippen molar-refractivity contribution in [3.63, 3.8) is 0 Å². The van der Waals surface area contributed by atoms with Crippen molar-refractivity contribution >= 4 is 11.7 Å². The number of fused-ring (bicyclic) bond motifs is 1. The molecule has 1 aliphatic heterocycles. The Morgan fingerprint density at radius 1 is 1.38 bits per heavy atom. The number of hydrogen-bond donors (Lipinski definition) is 1. The maximum atomic E-state index is 12.7. The number of aromatic nitrogens is 2. The lowest BCUT2D eigenvalue weighted by Crippen LogP contribution is -2.39. The number of rotatable bonds is 3. The minimum Gasteiger partial charge on any atom is -0.496 e. The second kappa shape index (κ2) is 6.55. The number of methoxy groups -OCH3 is 1. The molecule has 0 radical (unpaired) electrons.